The maximum absolute atomic E-state index is 11.1. The molecule has 0 aromatic carbocycles. The third-order valence-corrected chi connectivity index (χ3v) is 3.55. The van der Waals surface area contributed by atoms with E-state index in [4.69, 9.17) is 12.2 Å². The number of sulfone groups is 1. The minimum Gasteiger partial charge on any atom is -0.343 e. The maximum Gasteiger partial charge on any atom is 0.225 e. The number of H-pyrrole nitrogens is 1. The lowest BCUT2D eigenvalue weighted by Gasteiger charge is -2.20. The molecule has 1 aromatic rings. The van der Waals surface area contributed by atoms with E-state index in [1.807, 2.05) is 18.4 Å². The number of nitrogens with zero attached hydrogens (tertiary/aromatic N) is 3. The highest BCUT2D eigenvalue weighted by molar-refractivity contribution is 7.90. The summed E-state index contributed by atoms with van der Waals surface area (Å²) in [6, 6.07) is 0.178. The largest absolute Gasteiger partial charge is 0.343 e. The standard InChI is InChI=1S/C9H18N4O2S2/c1-7(2)13-8(10-11-9(13)16)12(3)5-6-17(4,14)15/h7H,5-6H2,1-4H3,(H,11,16). The van der Waals surface area contributed by atoms with Crippen molar-refractivity contribution in [2.75, 3.05) is 30.5 Å². The van der Waals surface area contributed by atoms with Gasteiger partial charge >= 0.3 is 0 Å². The Labute approximate surface area is 107 Å². The first kappa shape index (κ1) is 14.2. The third-order valence-electron chi connectivity index (χ3n) is 2.34. The zero-order valence-electron chi connectivity index (χ0n) is 10.5. The molecule has 0 atom stereocenters. The molecule has 0 saturated carbocycles. The van der Waals surface area contributed by atoms with Crippen molar-refractivity contribution in [1.82, 2.24) is 14.8 Å². The van der Waals surface area contributed by atoms with Gasteiger partial charge in [0.15, 0.2) is 4.77 Å². The van der Waals surface area contributed by atoms with E-state index in [1.165, 1.54) is 6.26 Å². The zero-order chi connectivity index (χ0) is 13.2. The van der Waals surface area contributed by atoms with Gasteiger partial charge in [-0.15, -0.1) is 5.10 Å². The average molecular weight is 278 g/mol. The summed E-state index contributed by atoms with van der Waals surface area (Å²) in [5.41, 5.74) is 0. The second kappa shape index (κ2) is 5.18. The fourth-order valence-corrected chi connectivity index (χ4v) is 2.38. The van der Waals surface area contributed by atoms with E-state index in [2.05, 4.69) is 10.2 Å². The molecule has 0 saturated heterocycles. The van der Waals surface area contributed by atoms with Crippen molar-refractivity contribution in [2.45, 2.75) is 19.9 Å². The fraction of sp³-hybridized carbons (Fsp3) is 0.778. The monoisotopic (exact) mass is 278 g/mol. The van der Waals surface area contributed by atoms with Crippen LogP contribution >= 0.6 is 12.2 Å². The third kappa shape index (κ3) is 3.81. The normalized spacial score (nSPS) is 12.1. The predicted octanol–water partition coefficient (Wildman–Crippen LogP) is 1.00. The van der Waals surface area contributed by atoms with Crippen molar-refractivity contribution in [3.63, 3.8) is 0 Å². The Kier molecular flexibility index (Phi) is 4.31. The highest BCUT2D eigenvalue weighted by Gasteiger charge is 2.14. The minimum absolute atomic E-state index is 0.0984. The van der Waals surface area contributed by atoms with Crippen LogP contribution in [0.1, 0.15) is 19.9 Å². The molecule has 0 aliphatic heterocycles. The number of nitrogens with one attached hydrogen (secondary N) is 1. The molecule has 0 spiro atoms. The SMILES string of the molecule is CC(C)n1c(N(C)CCS(C)(=O)=O)n[nH]c1=S. The van der Waals surface area contributed by atoms with E-state index in [9.17, 15) is 8.42 Å². The van der Waals surface area contributed by atoms with Gasteiger partial charge in [-0.3, -0.25) is 4.57 Å². The Bertz CT molecular complexity index is 529. The van der Waals surface area contributed by atoms with Crippen LogP contribution in [0.3, 0.4) is 0 Å². The molecule has 1 heterocycles. The fourth-order valence-electron chi connectivity index (χ4n) is 1.43. The molecular formula is C9H18N4O2S2. The molecule has 0 amide bonds. The molecule has 0 aliphatic rings. The molecule has 0 unspecified atom stereocenters. The summed E-state index contributed by atoms with van der Waals surface area (Å²) in [7, 11) is -1.17. The van der Waals surface area contributed by atoms with Crippen LogP contribution in [-0.4, -0.2) is 48.8 Å². The van der Waals surface area contributed by atoms with Gasteiger partial charge in [0.25, 0.3) is 0 Å². The van der Waals surface area contributed by atoms with Gasteiger partial charge in [-0.1, -0.05) is 0 Å². The molecule has 98 valence electrons. The van der Waals surface area contributed by atoms with E-state index >= 15 is 0 Å². The van der Waals surface area contributed by atoms with Crippen LogP contribution in [0.2, 0.25) is 0 Å². The van der Waals surface area contributed by atoms with E-state index in [0.717, 1.165) is 0 Å². The van der Waals surface area contributed by atoms with Crippen LogP contribution in [0.5, 0.6) is 0 Å². The van der Waals surface area contributed by atoms with Crippen LogP contribution in [-0.2, 0) is 9.84 Å². The van der Waals surface area contributed by atoms with Crippen LogP contribution < -0.4 is 4.90 Å². The van der Waals surface area contributed by atoms with Gasteiger partial charge < -0.3 is 4.90 Å². The molecule has 0 aliphatic carbocycles. The zero-order valence-corrected chi connectivity index (χ0v) is 12.1. The van der Waals surface area contributed by atoms with Gasteiger partial charge in [0.1, 0.15) is 9.84 Å². The number of hydrogen-bond donors (Lipinski definition) is 1. The lowest BCUT2D eigenvalue weighted by atomic mass is 10.4. The highest BCUT2D eigenvalue weighted by atomic mass is 32.2. The smallest absolute Gasteiger partial charge is 0.225 e. The van der Waals surface area contributed by atoms with Gasteiger partial charge in [-0.2, -0.15) is 0 Å². The molecule has 1 rings (SSSR count). The van der Waals surface area contributed by atoms with E-state index in [-0.39, 0.29) is 11.8 Å². The first-order chi connectivity index (χ1) is 7.72. The molecule has 0 radical (unpaired) electrons. The van der Waals surface area contributed by atoms with Crippen molar-refractivity contribution in [1.29, 1.82) is 0 Å². The Morgan fingerprint density at radius 1 is 1.53 bits per heavy atom. The summed E-state index contributed by atoms with van der Waals surface area (Å²) in [6.07, 6.45) is 1.22. The lowest BCUT2D eigenvalue weighted by molar-refractivity contribution is 0.583. The van der Waals surface area contributed by atoms with E-state index in [0.29, 0.717) is 17.3 Å². The topological polar surface area (TPSA) is 71.0 Å². The summed E-state index contributed by atoms with van der Waals surface area (Å²) in [4.78, 5) is 1.79. The minimum atomic E-state index is -2.97. The highest BCUT2D eigenvalue weighted by Crippen LogP contribution is 2.15. The number of anilines is 1. The van der Waals surface area contributed by atoms with Crippen LogP contribution in [0, 0.1) is 4.77 Å². The maximum atomic E-state index is 11.1. The van der Waals surface area contributed by atoms with E-state index < -0.39 is 9.84 Å². The summed E-state index contributed by atoms with van der Waals surface area (Å²) < 4.78 is 24.6. The molecule has 6 nitrogen and oxygen atoms in total. The summed E-state index contributed by atoms with van der Waals surface area (Å²) >= 11 is 5.13. The van der Waals surface area contributed by atoms with Crippen molar-refractivity contribution >= 4 is 28.0 Å². The molecule has 17 heavy (non-hydrogen) atoms. The summed E-state index contributed by atoms with van der Waals surface area (Å²) in [5, 5.41) is 6.84. The van der Waals surface area contributed by atoms with Crippen LogP contribution in [0.4, 0.5) is 5.95 Å². The molecule has 1 N–H and O–H groups in total. The number of rotatable bonds is 5. The lowest BCUT2D eigenvalue weighted by Crippen LogP contribution is -2.28. The predicted molar refractivity (Wildman–Crippen MR) is 70.8 cm³/mol. The van der Waals surface area contributed by atoms with Crippen LogP contribution in [0.25, 0.3) is 0 Å². The molecule has 1 aromatic heterocycles. The number of aromatic nitrogens is 3. The van der Waals surface area contributed by atoms with Crippen molar-refractivity contribution in [3.8, 4) is 0 Å². The van der Waals surface area contributed by atoms with Gasteiger partial charge in [-0.25, -0.2) is 13.5 Å². The molecule has 8 heteroatoms. The molecule has 0 fully saturated rings. The number of aromatic amines is 1. The Hall–Kier alpha value is -0.890. The van der Waals surface area contributed by atoms with Gasteiger partial charge in [0, 0.05) is 25.9 Å². The first-order valence-electron chi connectivity index (χ1n) is 5.28. The Balaban J connectivity index is 2.90. The van der Waals surface area contributed by atoms with Gasteiger partial charge in [0.2, 0.25) is 5.95 Å². The van der Waals surface area contributed by atoms with Crippen LogP contribution in [0.15, 0.2) is 0 Å². The Morgan fingerprint density at radius 2 is 2.12 bits per heavy atom. The molecular weight excluding hydrogens is 260 g/mol. The average Bonchev–Trinajstić information content (AvgIpc) is 2.55. The van der Waals surface area contributed by atoms with Gasteiger partial charge in [-0.05, 0) is 26.1 Å². The summed E-state index contributed by atoms with van der Waals surface area (Å²) in [5.74, 6) is 0.759. The molecule has 0 bridgehead atoms. The first-order valence-corrected chi connectivity index (χ1v) is 7.75. The number of hydrogen-bond acceptors (Lipinski definition) is 5. The second-order valence-electron chi connectivity index (χ2n) is 4.34. The quantitative estimate of drug-likeness (QED) is 0.814. The van der Waals surface area contributed by atoms with Crippen molar-refractivity contribution in [2.24, 2.45) is 0 Å². The van der Waals surface area contributed by atoms with E-state index in [1.54, 1.807) is 11.9 Å². The van der Waals surface area contributed by atoms with Crippen molar-refractivity contribution in [3.05, 3.63) is 4.77 Å². The second-order valence-corrected chi connectivity index (χ2v) is 6.99. The Morgan fingerprint density at radius 3 is 2.59 bits per heavy atom. The summed E-state index contributed by atoms with van der Waals surface area (Å²) in [6.45, 7) is 4.39. The van der Waals surface area contributed by atoms with Gasteiger partial charge in [0.05, 0.1) is 5.75 Å². The van der Waals surface area contributed by atoms with Crippen molar-refractivity contribution < 1.29 is 8.42 Å².